The molecule has 17 heavy (non-hydrogen) atoms. The summed E-state index contributed by atoms with van der Waals surface area (Å²) in [4.78, 5) is 22.8. The Morgan fingerprint density at radius 2 is 1.94 bits per heavy atom. The molecule has 0 saturated heterocycles. The molecular formula is C12H16N2O3. The lowest BCUT2D eigenvalue weighted by molar-refractivity contribution is -0.136. The van der Waals surface area contributed by atoms with Crippen LogP contribution in [0.3, 0.4) is 0 Å². The van der Waals surface area contributed by atoms with E-state index in [2.05, 4.69) is 10.6 Å². The van der Waals surface area contributed by atoms with E-state index in [1.54, 1.807) is 24.3 Å². The van der Waals surface area contributed by atoms with Crippen LogP contribution in [0.1, 0.15) is 13.3 Å². The van der Waals surface area contributed by atoms with E-state index in [-0.39, 0.29) is 0 Å². The van der Waals surface area contributed by atoms with Gasteiger partial charge in [-0.05, 0) is 18.6 Å². The predicted octanol–water partition coefficient (Wildman–Crippen LogP) is 1.16. The molecule has 0 unspecified atom stereocenters. The molecule has 0 radical (unpaired) electrons. The minimum Gasteiger partial charge on any atom is -0.495 e. The van der Waals surface area contributed by atoms with Gasteiger partial charge in [0.1, 0.15) is 5.75 Å². The molecule has 0 atom stereocenters. The van der Waals surface area contributed by atoms with Crippen LogP contribution >= 0.6 is 0 Å². The quantitative estimate of drug-likeness (QED) is 0.771. The van der Waals surface area contributed by atoms with E-state index < -0.39 is 11.8 Å². The standard InChI is InChI=1S/C12H16N2O3/c1-3-8-13-11(15)12(16)14-9-6-4-5-7-10(9)17-2/h4-7H,3,8H2,1-2H3,(H,13,15)(H,14,16). The van der Waals surface area contributed by atoms with Crippen molar-refractivity contribution in [2.75, 3.05) is 19.0 Å². The molecule has 0 aromatic heterocycles. The van der Waals surface area contributed by atoms with Crippen molar-refractivity contribution in [1.29, 1.82) is 0 Å². The Morgan fingerprint density at radius 1 is 1.24 bits per heavy atom. The zero-order valence-corrected chi connectivity index (χ0v) is 9.95. The second-order valence-electron chi connectivity index (χ2n) is 3.41. The van der Waals surface area contributed by atoms with E-state index in [9.17, 15) is 9.59 Å². The molecule has 0 aliphatic heterocycles. The molecule has 2 N–H and O–H groups in total. The molecule has 5 heteroatoms. The molecule has 0 bridgehead atoms. The van der Waals surface area contributed by atoms with Crippen molar-refractivity contribution in [2.45, 2.75) is 13.3 Å². The fourth-order valence-electron chi connectivity index (χ4n) is 1.25. The molecule has 92 valence electrons. The Hall–Kier alpha value is -2.04. The molecule has 0 fully saturated rings. The van der Waals surface area contributed by atoms with E-state index in [4.69, 9.17) is 4.74 Å². The maximum absolute atomic E-state index is 11.5. The summed E-state index contributed by atoms with van der Waals surface area (Å²) in [6.07, 6.45) is 0.785. The van der Waals surface area contributed by atoms with Gasteiger partial charge in [-0.15, -0.1) is 0 Å². The van der Waals surface area contributed by atoms with E-state index in [1.807, 2.05) is 6.92 Å². The Kier molecular flexibility index (Phi) is 5.00. The summed E-state index contributed by atoms with van der Waals surface area (Å²) in [5.74, 6) is -0.815. The third-order valence-corrected chi connectivity index (χ3v) is 2.10. The number of carbonyl (C=O) groups excluding carboxylic acids is 2. The van der Waals surface area contributed by atoms with Gasteiger partial charge in [-0.2, -0.15) is 0 Å². The van der Waals surface area contributed by atoms with Crippen molar-refractivity contribution in [2.24, 2.45) is 0 Å². The smallest absolute Gasteiger partial charge is 0.313 e. The lowest BCUT2D eigenvalue weighted by Gasteiger charge is -2.09. The van der Waals surface area contributed by atoms with Gasteiger partial charge in [0.25, 0.3) is 0 Å². The lowest BCUT2D eigenvalue weighted by atomic mass is 10.3. The van der Waals surface area contributed by atoms with Crippen molar-refractivity contribution >= 4 is 17.5 Å². The van der Waals surface area contributed by atoms with Crippen LogP contribution in [0.4, 0.5) is 5.69 Å². The van der Waals surface area contributed by atoms with Gasteiger partial charge in [0.05, 0.1) is 12.8 Å². The molecule has 0 saturated carbocycles. The number of methoxy groups -OCH3 is 1. The topological polar surface area (TPSA) is 67.4 Å². The molecule has 5 nitrogen and oxygen atoms in total. The number of para-hydroxylation sites is 2. The minimum atomic E-state index is -0.692. The Bertz CT molecular complexity index is 404. The van der Waals surface area contributed by atoms with E-state index in [1.165, 1.54) is 7.11 Å². The summed E-state index contributed by atoms with van der Waals surface area (Å²) in [5.41, 5.74) is 0.478. The van der Waals surface area contributed by atoms with Gasteiger partial charge >= 0.3 is 11.8 Å². The average Bonchev–Trinajstić information content (AvgIpc) is 2.36. The van der Waals surface area contributed by atoms with Gasteiger partial charge in [-0.25, -0.2) is 0 Å². The van der Waals surface area contributed by atoms with Crippen LogP contribution in [0.15, 0.2) is 24.3 Å². The van der Waals surface area contributed by atoms with Gasteiger partial charge in [-0.3, -0.25) is 9.59 Å². The zero-order valence-electron chi connectivity index (χ0n) is 9.95. The number of amides is 2. The van der Waals surface area contributed by atoms with Crippen LogP contribution in [0, 0.1) is 0 Å². The van der Waals surface area contributed by atoms with Crippen molar-refractivity contribution in [3.8, 4) is 5.75 Å². The van der Waals surface area contributed by atoms with Crippen LogP contribution < -0.4 is 15.4 Å². The fourth-order valence-corrected chi connectivity index (χ4v) is 1.25. The van der Waals surface area contributed by atoms with Gasteiger partial charge in [0, 0.05) is 6.54 Å². The number of anilines is 1. The van der Waals surface area contributed by atoms with Crippen molar-refractivity contribution in [3.05, 3.63) is 24.3 Å². The number of rotatable bonds is 4. The average molecular weight is 236 g/mol. The number of ether oxygens (including phenoxy) is 1. The van der Waals surface area contributed by atoms with Crippen molar-refractivity contribution < 1.29 is 14.3 Å². The Balaban J connectivity index is 2.64. The highest BCUT2D eigenvalue weighted by atomic mass is 16.5. The maximum Gasteiger partial charge on any atom is 0.313 e. The summed E-state index contributed by atoms with van der Waals surface area (Å²) >= 11 is 0. The van der Waals surface area contributed by atoms with E-state index in [0.29, 0.717) is 18.0 Å². The second kappa shape index (κ2) is 6.52. The van der Waals surface area contributed by atoms with Gasteiger partial charge in [0.15, 0.2) is 0 Å². The Labute approximate surface area is 100 Å². The Morgan fingerprint density at radius 3 is 2.59 bits per heavy atom. The van der Waals surface area contributed by atoms with Crippen LogP contribution in [-0.4, -0.2) is 25.5 Å². The summed E-state index contributed by atoms with van der Waals surface area (Å²) in [5, 5.41) is 4.99. The highest BCUT2D eigenvalue weighted by Crippen LogP contribution is 2.22. The van der Waals surface area contributed by atoms with Crippen molar-refractivity contribution in [3.63, 3.8) is 0 Å². The molecule has 1 aromatic rings. The largest absolute Gasteiger partial charge is 0.495 e. The number of carbonyl (C=O) groups is 2. The van der Waals surface area contributed by atoms with Gasteiger partial charge in [0.2, 0.25) is 0 Å². The third-order valence-electron chi connectivity index (χ3n) is 2.10. The third kappa shape index (κ3) is 3.79. The van der Waals surface area contributed by atoms with Crippen LogP contribution in [0.2, 0.25) is 0 Å². The van der Waals surface area contributed by atoms with Crippen LogP contribution in [0.5, 0.6) is 5.75 Å². The highest BCUT2D eigenvalue weighted by molar-refractivity contribution is 6.39. The maximum atomic E-state index is 11.5. The van der Waals surface area contributed by atoms with Crippen LogP contribution in [-0.2, 0) is 9.59 Å². The highest BCUT2D eigenvalue weighted by Gasteiger charge is 2.14. The molecule has 0 aliphatic carbocycles. The van der Waals surface area contributed by atoms with Crippen molar-refractivity contribution in [1.82, 2.24) is 5.32 Å². The molecule has 1 rings (SSSR count). The first-order valence-electron chi connectivity index (χ1n) is 5.41. The number of hydrogen-bond donors (Lipinski definition) is 2. The molecule has 0 heterocycles. The predicted molar refractivity (Wildman–Crippen MR) is 64.9 cm³/mol. The zero-order chi connectivity index (χ0) is 12.7. The molecule has 1 aromatic carbocycles. The summed E-state index contributed by atoms with van der Waals surface area (Å²) < 4.78 is 5.06. The molecule has 0 spiro atoms. The first-order valence-corrected chi connectivity index (χ1v) is 5.41. The molecular weight excluding hydrogens is 220 g/mol. The number of hydrogen-bond acceptors (Lipinski definition) is 3. The fraction of sp³-hybridized carbons (Fsp3) is 0.333. The summed E-state index contributed by atoms with van der Waals surface area (Å²) in [7, 11) is 1.50. The van der Waals surface area contributed by atoms with E-state index >= 15 is 0 Å². The summed E-state index contributed by atoms with van der Waals surface area (Å²) in [6, 6.07) is 6.91. The number of nitrogens with one attached hydrogen (secondary N) is 2. The van der Waals surface area contributed by atoms with Gasteiger partial charge < -0.3 is 15.4 Å². The van der Waals surface area contributed by atoms with Crippen LogP contribution in [0.25, 0.3) is 0 Å². The first-order chi connectivity index (χ1) is 8.19. The molecule has 0 aliphatic rings. The number of benzene rings is 1. The summed E-state index contributed by atoms with van der Waals surface area (Å²) in [6.45, 7) is 2.40. The van der Waals surface area contributed by atoms with Gasteiger partial charge in [-0.1, -0.05) is 19.1 Å². The first kappa shape index (κ1) is 13.0. The van der Waals surface area contributed by atoms with E-state index in [0.717, 1.165) is 6.42 Å². The molecule has 2 amide bonds. The SMILES string of the molecule is CCCNC(=O)C(=O)Nc1ccccc1OC. The normalized spacial score (nSPS) is 9.53. The monoisotopic (exact) mass is 236 g/mol. The lowest BCUT2D eigenvalue weighted by Crippen LogP contribution is -2.35. The minimum absolute atomic E-state index is 0.478. The second-order valence-corrected chi connectivity index (χ2v) is 3.41.